The lowest BCUT2D eigenvalue weighted by Crippen LogP contribution is -2.74. The van der Waals surface area contributed by atoms with Crippen molar-refractivity contribution in [1.29, 1.82) is 0 Å². The second-order valence-corrected chi connectivity index (χ2v) is 13.3. The first-order valence-corrected chi connectivity index (χ1v) is 11.6. The Kier molecular flexibility index (Phi) is 9.54. The van der Waals surface area contributed by atoms with Crippen molar-refractivity contribution in [3.8, 4) is 0 Å². The Morgan fingerprint density at radius 1 is 0.405 bits per heavy atom. The zero-order valence-electron chi connectivity index (χ0n) is 19.7. The summed E-state index contributed by atoms with van der Waals surface area (Å²) in [5.41, 5.74) is 0. The fourth-order valence-electron chi connectivity index (χ4n) is 3.55. The van der Waals surface area contributed by atoms with E-state index < -0.39 is 68.7 Å². The first-order valence-electron chi connectivity index (χ1n) is 9.52. The van der Waals surface area contributed by atoms with Gasteiger partial charge in [0.05, 0.1) is 0 Å². The van der Waals surface area contributed by atoms with Crippen molar-refractivity contribution < 1.29 is 74.6 Å². The van der Waals surface area contributed by atoms with Crippen molar-refractivity contribution in [3.05, 3.63) is 0 Å². The monoisotopic (exact) mass is 607 g/mol. The smallest absolute Gasteiger partial charge is 0.305 e. The maximum absolute atomic E-state index is 14.3. The summed E-state index contributed by atoms with van der Waals surface area (Å²) in [7, 11) is 3.71. The van der Waals surface area contributed by atoms with Gasteiger partial charge in [-0.3, -0.25) is 0 Å². The molecule has 0 rings (SSSR count). The van der Waals surface area contributed by atoms with E-state index in [0.717, 1.165) is 0 Å². The Labute approximate surface area is 200 Å². The molecule has 0 unspecified atom stereocenters. The Bertz CT molecular complexity index is 770. The SMILES string of the molecule is CN(C)[Si](CCC(F)(F)C(F)(F)C(F)(F)C(F)(F)C(F)(F)C(F)(F)C(F)(F)C(F)(F)F)(N(C)C)N(C)C. The molecule has 0 saturated carbocycles. The summed E-state index contributed by atoms with van der Waals surface area (Å²) in [6.07, 6.45) is -10.2. The van der Waals surface area contributed by atoms with Gasteiger partial charge in [-0.15, -0.1) is 0 Å². The van der Waals surface area contributed by atoms with Gasteiger partial charge in [-0.2, -0.15) is 74.6 Å². The van der Waals surface area contributed by atoms with E-state index in [1.807, 2.05) is 0 Å². The van der Waals surface area contributed by atoms with Crippen molar-refractivity contribution >= 4 is 8.56 Å². The molecule has 3 nitrogen and oxygen atoms in total. The van der Waals surface area contributed by atoms with E-state index in [1.165, 1.54) is 56.0 Å². The number of halogens is 17. The molecule has 0 aliphatic rings. The molecule has 0 fully saturated rings. The molecule has 0 aromatic carbocycles. The first kappa shape index (κ1) is 35.9. The van der Waals surface area contributed by atoms with Crippen molar-refractivity contribution in [2.45, 2.75) is 60.1 Å². The molecule has 21 heteroatoms. The van der Waals surface area contributed by atoms with Gasteiger partial charge in [0.25, 0.3) is 8.56 Å². The van der Waals surface area contributed by atoms with Crippen LogP contribution < -0.4 is 0 Å². The van der Waals surface area contributed by atoms with E-state index in [0.29, 0.717) is 0 Å². The maximum atomic E-state index is 14.3. The molecular formula is C16H22F17N3Si. The molecule has 0 atom stereocenters. The van der Waals surface area contributed by atoms with Crippen molar-refractivity contribution in [2.24, 2.45) is 0 Å². The number of hydrogen-bond acceptors (Lipinski definition) is 3. The Morgan fingerprint density at radius 2 is 0.649 bits per heavy atom. The molecule has 0 heterocycles. The number of rotatable bonds is 12. The van der Waals surface area contributed by atoms with E-state index in [-0.39, 0.29) is 0 Å². The van der Waals surface area contributed by atoms with Gasteiger partial charge in [-0.05, 0) is 48.3 Å². The zero-order chi connectivity index (χ0) is 30.6. The number of alkyl halides is 17. The van der Waals surface area contributed by atoms with E-state index in [4.69, 9.17) is 0 Å². The molecule has 0 aliphatic heterocycles. The highest BCUT2D eigenvalue weighted by Gasteiger charge is 2.95. The van der Waals surface area contributed by atoms with Crippen LogP contribution in [0.2, 0.25) is 6.04 Å². The van der Waals surface area contributed by atoms with Crippen LogP contribution in [-0.4, -0.2) is 112 Å². The van der Waals surface area contributed by atoms with E-state index in [2.05, 4.69) is 0 Å². The van der Waals surface area contributed by atoms with Crippen molar-refractivity contribution in [3.63, 3.8) is 0 Å². The van der Waals surface area contributed by atoms with Crippen LogP contribution in [0.1, 0.15) is 6.42 Å². The largest absolute Gasteiger partial charge is 0.460 e. The standard InChI is InChI=1S/C16H22F17N3Si/c1-34(2)37(35(3)4,36(5)6)8-7-9(17,18)10(19,20)11(21,22)12(23,24)13(25,26)14(27,28)15(29,30)16(31,32)33/h7-8H2,1-6H3. The molecular weight excluding hydrogens is 585 g/mol. The minimum Gasteiger partial charge on any atom is -0.305 e. The average Bonchev–Trinajstić information content (AvgIpc) is 2.65. The normalized spacial score (nSPS) is 16.4. The lowest BCUT2D eigenvalue weighted by molar-refractivity contribution is -0.461. The van der Waals surface area contributed by atoms with Crippen LogP contribution in [0.4, 0.5) is 74.6 Å². The Balaban J connectivity index is 6.72. The topological polar surface area (TPSA) is 9.72 Å². The summed E-state index contributed by atoms with van der Waals surface area (Å²) in [5.74, 6) is -56.1. The molecule has 0 spiro atoms. The minimum atomic E-state index is -8.61. The number of hydrogen-bond donors (Lipinski definition) is 0. The number of nitrogens with zero attached hydrogens (tertiary/aromatic N) is 3. The van der Waals surface area contributed by atoms with Gasteiger partial charge in [0.15, 0.2) is 0 Å². The third-order valence-corrected chi connectivity index (χ3v) is 10.9. The minimum absolute atomic E-state index is 1.19. The molecule has 0 aromatic heterocycles. The summed E-state index contributed by atoms with van der Waals surface area (Å²) >= 11 is 0. The molecule has 0 saturated heterocycles. The van der Waals surface area contributed by atoms with E-state index in [9.17, 15) is 74.6 Å². The van der Waals surface area contributed by atoms with Crippen LogP contribution in [0.15, 0.2) is 0 Å². The van der Waals surface area contributed by atoms with Gasteiger partial charge in [-0.1, -0.05) is 0 Å². The highest BCUT2D eigenvalue weighted by atomic mass is 28.4. The van der Waals surface area contributed by atoms with E-state index >= 15 is 0 Å². The first-order chi connectivity index (χ1) is 15.8. The molecule has 37 heavy (non-hydrogen) atoms. The van der Waals surface area contributed by atoms with Crippen LogP contribution in [0.5, 0.6) is 0 Å². The van der Waals surface area contributed by atoms with Crippen LogP contribution >= 0.6 is 0 Å². The predicted molar refractivity (Wildman–Crippen MR) is 96.9 cm³/mol. The predicted octanol–water partition coefficient (Wildman–Crippen LogP) is 6.01. The fraction of sp³-hybridized carbons (Fsp3) is 1.00. The second-order valence-electron chi connectivity index (χ2n) is 8.61. The second kappa shape index (κ2) is 9.83. The third-order valence-electron chi connectivity index (χ3n) is 5.71. The summed E-state index contributed by atoms with van der Waals surface area (Å²) in [6.45, 7) is 0. The summed E-state index contributed by atoms with van der Waals surface area (Å²) in [4.78, 5) is 0. The van der Waals surface area contributed by atoms with E-state index in [1.54, 1.807) is 0 Å². The maximum Gasteiger partial charge on any atom is 0.460 e. The van der Waals surface area contributed by atoms with Gasteiger partial charge in [0.2, 0.25) is 0 Å². The summed E-state index contributed by atoms with van der Waals surface area (Å²) < 4.78 is 232. The molecule has 0 amide bonds. The fourth-order valence-corrected chi connectivity index (χ4v) is 7.94. The quantitative estimate of drug-likeness (QED) is 0.199. The van der Waals surface area contributed by atoms with Gasteiger partial charge in [0, 0.05) is 6.42 Å². The lowest BCUT2D eigenvalue weighted by Gasteiger charge is -2.48. The lowest BCUT2D eigenvalue weighted by atomic mass is 9.88. The Hall–Kier alpha value is -1.09. The highest BCUT2D eigenvalue weighted by molar-refractivity contribution is 6.71. The van der Waals surface area contributed by atoms with Gasteiger partial charge in [0.1, 0.15) is 0 Å². The van der Waals surface area contributed by atoms with Crippen molar-refractivity contribution in [1.82, 2.24) is 13.7 Å². The third kappa shape index (κ3) is 5.00. The Morgan fingerprint density at radius 3 is 0.892 bits per heavy atom. The van der Waals surface area contributed by atoms with Gasteiger partial charge >= 0.3 is 47.6 Å². The summed E-state index contributed by atoms with van der Waals surface area (Å²) in [5, 5.41) is 0. The van der Waals surface area contributed by atoms with Gasteiger partial charge < -0.3 is 13.7 Å². The molecule has 0 N–H and O–H groups in total. The molecule has 0 aliphatic carbocycles. The van der Waals surface area contributed by atoms with Crippen LogP contribution in [0.25, 0.3) is 0 Å². The highest BCUT2D eigenvalue weighted by Crippen LogP contribution is 2.64. The molecule has 0 radical (unpaired) electrons. The zero-order valence-corrected chi connectivity index (χ0v) is 20.7. The van der Waals surface area contributed by atoms with Gasteiger partial charge in [-0.25, -0.2) is 0 Å². The van der Waals surface area contributed by atoms with Crippen LogP contribution in [-0.2, 0) is 0 Å². The molecule has 0 bridgehead atoms. The van der Waals surface area contributed by atoms with Crippen molar-refractivity contribution in [2.75, 3.05) is 42.3 Å². The molecule has 224 valence electrons. The average molecular weight is 607 g/mol. The van der Waals surface area contributed by atoms with Crippen LogP contribution in [0.3, 0.4) is 0 Å². The van der Waals surface area contributed by atoms with Crippen LogP contribution in [0, 0.1) is 0 Å². The molecule has 0 aromatic rings. The summed E-state index contributed by atoms with van der Waals surface area (Å²) in [6, 6.07) is -1.19.